The van der Waals surface area contributed by atoms with Gasteiger partial charge in [0.25, 0.3) is 0 Å². The van der Waals surface area contributed by atoms with Crippen molar-refractivity contribution >= 4 is 45.8 Å². The molecule has 0 radical (unpaired) electrons. The molecule has 1 fully saturated rings. The summed E-state index contributed by atoms with van der Waals surface area (Å²) < 4.78 is 6.05. The summed E-state index contributed by atoms with van der Waals surface area (Å²) >= 11 is 13.5. The average Bonchev–Trinajstić information content (AvgIpc) is 3.28. The average molecular weight is 424 g/mol. The molecule has 0 spiro atoms. The molecule has 1 saturated heterocycles. The second kappa shape index (κ2) is 8.00. The van der Waals surface area contributed by atoms with Crippen LogP contribution in [-0.4, -0.2) is 43.3 Å². The molecule has 2 aromatic heterocycles. The van der Waals surface area contributed by atoms with E-state index in [0.717, 1.165) is 42.5 Å². The van der Waals surface area contributed by atoms with Crippen molar-refractivity contribution in [3.8, 4) is 0 Å². The fourth-order valence-electron chi connectivity index (χ4n) is 3.07. The SMILES string of the molecule is Cc1nsc(N2CCC(Nc3ncn(Cc4ccc(Cl)c(Cl)c4)n3)CC2)n1. The molecule has 27 heavy (non-hydrogen) atoms. The number of piperidine rings is 1. The van der Waals surface area contributed by atoms with Crippen molar-refractivity contribution in [2.24, 2.45) is 0 Å². The normalized spacial score (nSPS) is 15.3. The van der Waals surface area contributed by atoms with Crippen molar-refractivity contribution in [2.45, 2.75) is 32.4 Å². The van der Waals surface area contributed by atoms with Crippen molar-refractivity contribution in [1.29, 1.82) is 0 Å². The highest BCUT2D eigenvalue weighted by atomic mass is 35.5. The Bertz CT molecular complexity index is 918. The highest BCUT2D eigenvalue weighted by Crippen LogP contribution is 2.24. The Balaban J connectivity index is 1.31. The lowest BCUT2D eigenvalue weighted by Gasteiger charge is -2.31. The van der Waals surface area contributed by atoms with Gasteiger partial charge in [-0.05, 0) is 37.5 Å². The first kappa shape index (κ1) is 18.5. The fourth-order valence-corrected chi connectivity index (χ4v) is 4.12. The molecule has 1 aromatic carbocycles. The smallest absolute Gasteiger partial charge is 0.242 e. The number of anilines is 2. The lowest BCUT2D eigenvalue weighted by atomic mass is 10.1. The first-order chi connectivity index (χ1) is 13.1. The van der Waals surface area contributed by atoms with Crippen LogP contribution in [0, 0.1) is 6.92 Å². The third kappa shape index (κ3) is 4.51. The number of rotatable bonds is 5. The molecule has 0 aliphatic carbocycles. The van der Waals surface area contributed by atoms with E-state index < -0.39 is 0 Å². The van der Waals surface area contributed by atoms with E-state index in [0.29, 0.717) is 28.6 Å². The Hall–Kier alpha value is -1.90. The van der Waals surface area contributed by atoms with Crippen molar-refractivity contribution in [3.63, 3.8) is 0 Å². The van der Waals surface area contributed by atoms with Gasteiger partial charge in [0.1, 0.15) is 12.2 Å². The zero-order chi connectivity index (χ0) is 18.8. The zero-order valence-corrected chi connectivity index (χ0v) is 17.1. The van der Waals surface area contributed by atoms with Gasteiger partial charge < -0.3 is 10.2 Å². The summed E-state index contributed by atoms with van der Waals surface area (Å²) in [6, 6.07) is 5.94. The summed E-state index contributed by atoms with van der Waals surface area (Å²) in [7, 11) is 0. The van der Waals surface area contributed by atoms with Gasteiger partial charge in [-0.3, -0.25) is 0 Å². The molecule has 3 heterocycles. The molecule has 1 N–H and O–H groups in total. The van der Waals surface area contributed by atoms with Crippen LogP contribution in [0.3, 0.4) is 0 Å². The number of aromatic nitrogens is 5. The van der Waals surface area contributed by atoms with Crippen LogP contribution in [0.1, 0.15) is 24.2 Å². The van der Waals surface area contributed by atoms with Crippen LogP contribution in [0.2, 0.25) is 10.0 Å². The predicted molar refractivity (Wildman–Crippen MR) is 109 cm³/mol. The summed E-state index contributed by atoms with van der Waals surface area (Å²) in [5.74, 6) is 1.49. The molecule has 3 aromatic rings. The minimum atomic E-state index is 0.357. The van der Waals surface area contributed by atoms with Gasteiger partial charge in [0.15, 0.2) is 0 Å². The molecular formula is C17H19Cl2N7S. The molecule has 0 amide bonds. The van der Waals surface area contributed by atoms with Gasteiger partial charge in [0, 0.05) is 30.7 Å². The van der Waals surface area contributed by atoms with Crippen molar-refractivity contribution in [2.75, 3.05) is 23.3 Å². The van der Waals surface area contributed by atoms with Crippen LogP contribution in [0.15, 0.2) is 24.5 Å². The molecule has 0 saturated carbocycles. The maximum Gasteiger partial charge on any atom is 0.242 e. The van der Waals surface area contributed by atoms with E-state index in [1.54, 1.807) is 17.1 Å². The Labute approximate surface area is 171 Å². The predicted octanol–water partition coefficient (Wildman–Crippen LogP) is 3.87. The number of aryl methyl sites for hydroxylation is 1. The highest BCUT2D eigenvalue weighted by Gasteiger charge is 2.22. The molecule has 142 valence electrons. The maximum absolute atomic E-state index is 6.07. The summed E-state index contributed by atoms with van der Waals surface area (Å²) in [6.45, 7) is 4.43. The van der Waals surface area contributed by atoms with E-state index in [1.807, 2.05) is 19.1 Å². The number of hydrogen-bond donors (Lipinski definition) is 1. The van der Waals surface area contributed by atoms with Gasteiger partial charge >= 0.3 is 0 Å². The topological polar surface area (TPSA) is 71.8 Å². The third-order valence-corrected chi connectivity index (χ3v) is 6.09. The van der Waals surface area contributed by atoms with E-state index in [4.69, 9.17) is 23.2 Å². The number of hydrogen-bond acceptors (Lipinski definition) is 7. The van der Waals surface area contributed by atoms with Gasteiger partial charge in [-0.15, -0.1) is 5.10 Å². The second-order valence-corrected chi connectivity index (χ2v) is 8.09. The summed E-state index contributed by atoms with van der Waals surface area (Å²) in [6.07, 6.45) is 3.75. The largest absolute Gasteiger partial charge is 0.350 e. The van der Waals surface area contributed by atoms with Gasteiger partial charge in [0.05, 0.1) is 16.6 Å². The van der Waals surface area contributed by atoms with Crippen LogP contribution in [0.5, 0.6) is 0 Å². The quantitative estimate of drug-likeness (QED) is 0.671. The van der Waals surface area contributed by atoms with Crippen LogP contribution in [-0.2, 0) is 6.54 Å². The van der Waals surface area contributed by atoms with Crippen LogP contribution in [0.4, 0.5) is 11.1 Å². The van der Waals surface area contributed by atoms with E-state index in [9.17, 15) is 0 Å². The molecule has 0 bridgehead atoms. The minimum Gasteiger partial charge on any atom is -0.350 e. The summed E-state index contributed by atoms with van der Waals surface area (Å²) in [5, 5.41) is 10.1. The zero-order valence-electron chi connectivity index (χ0n) is 14.8. The van der Waals surface area contributed by atoms with E-state index in [2.05, 4.69) is 29.7 Å². The molecule has 0 unspecified atom stereocenters. The maximum atomic E-state index is 6.07. The first-order valence-electron chi connectivity index (χ1n) is 8.72. The molecule has 1 aliphatic rings. The Morgan fingerprint density at radius 2 is 2.04 bits per heavy atom. The molecule has 4 rings (SSSR count). The van der Waals surface area contributed by atoms with Crippen molar-refractivity contribution in [1.82, 2.24) is 24.1 Å². The summed E-state index contributed by atoms with van der Waals surface area (Å²) in [4.78, 5) is 11.1. The van der Waals surface area contributed by atoms with Crippen LogP contribution in [0.25, 0.3) is 0 Å². The van der Waals surface area contributed by atoms with Crippen molar-refractivity contribution < 1.29 is 0 Å². The number of benzene rings is 1. The molecular weight excluding hydrogens is 405 g/mol. The second-order valence-electron chi connectivity index (χ2n) is 6.54. The monoisotopic (exact) mass is 423 g/mol. The van der Waals surface area contributed by atoms with Crippen molar-refractivity contribution in [3.05, 3.63) is 46.0 Å². The Morgan fingerprint density at radius 1 is 1.22 bits per heavy atom. The molecule has 1 aliphatic heterocycles. The van der Waals surface area contributed by atoms with Gasteiger partial charge in [0.2, 0.25) is 11.1 Å². The highest BCUT2D eigenvalue weighted by molar-refractivity contribution is 7.09. The van der Waals surface area contributed by atoms with Crippen LogP contribution < -0.4 is 10.2 Å². The first-order valence-corrected chi connectivity index (χ1v) is 10.2. The van der Waals surface area contributed by atoms with Gasteiger partial charge in [-0.25, -0.2) is 14.6 Å². The lowest BCUT2D eigenvalue weighted by molar-refractivity contribution is 0.522. The number of halogens is 2. The Kier molecular flexibility index (Phi) is 5.47. The Morgan fingerprint density at radius 3 is 2.74 bits per heavy atom. The number of nitrogens with zero attached hydrogens (tertiary/aromatic N) is 6. The van der Waals surface area contributed by atoms with Gasteiger partial charge in [-0.2, -0.15) is 4.37 Å². The minimum absolute atomic E-state index is 0.357. The molecule has 10 heteroatoms. The standard InChI is InChI=1S/C17H19Cl2N7S/c1-11-21-17(27-24-11)25-6-4-13(5-7-25)22-16-20-10-26(23-16)9-12-2-3-14(18)15(19)8-12/h2-3,8,10,13H,4-7,9H2,1H3,(H,22,23). The third-order valence-electron chi connectivity index (χ3n) is 4.48. The van der Waals surface area contributed by atoms with E-state index in [-0.39, 0.29) is 0 Å². The van der Waals surface area contributed by atoms with E-state index >= 15 is 0 Å². The fraction of sp³-hybridized carbons (Fsp3) is 0.412. The lowest BCUT2D eigenvalue weighted by Crippen LogP contribution is -2.39. The molecule has 0 atom stereocenters. The summed E-state index contributed by atoms with van der Waals surface area (Å²) in [5.41, 5.74) is 1.03. The molecule has 7 nitrogen and oxygen atoms in total. The number of nitrogens with one attached hydrogen (secondary N) is 1. The van der Waals surface area contributed by atoms with Crippen LogP contribution >= 0.6 is 34.7 Å². The van der Waals surface area contributed by atoms with E-state index in [1.165, 1.54) is 11.5 Å². The van der Waals surface area contributed by atoms with Gasteiger partial charge in [-0.1, -0.05) is 29.3 Å².